The number of furan rings is 1. The van der Waals surface area contributed by atoms with Crippen LogP contribution >= 0.6 is 0 Å². The van der Waals surface area contributed by atoms with Crippen LogP contribution in [0, 0.1) is 5.41 Å². The second kappa shape index (κ2) is 8.11. The molecule has 0 fully saturated rings. The van der Waals surface area contributed by atoms with Crippen molar-refractivity contribution >= 4 is 16.8 Å². The van der Waals surface area contributed by atoms with Crippen LogP contribution in [0.4, 0.5) is 0 Å². The van der Waals surface area contributed by atoms with Crippen LogP contribution in [0.5, 0.6) is 11.5 Å². The molecule has 0 radical (unpaired) electrons. The van der Waals surface area contributed by atoms with Gasteiger partial charge in [0, 0.05) is 18.6 Å². The monoisotopic (exact) mass is 373 g/mol. The van der Waals surface area contributed by atoms with Crippen molar-refractivity contribution in [2.24, 2.45) is 0 Å². The van der Waals surface area contributed by atoms with E-state index in [4.69, 9.17) is 23.7 Å². The van der Waals surface area contributed by atoms with Gasteiger partial charge in [-0.25, -0.2) is 10.1 Å². The van der Waals surface area contributed by atoms with E-state index < -0.39 is 0 Å². The number of carbonyl (C=O) groups excluding carboxylic acids is 1. The van der Waals surface area contributed by atoms with Gasteiger partial charge in [-0.05, 0) is 12.5 Å². The van der Waals surface area contributed by atoms with E-state index in [-0.39, 0.29) is 23.8 Å². The lowest BCUT2D eigenvalue weighted by molar-refractivity contribution is 0.0938. The Kier molecular flexibility index (Phi) is 5.63. The van der Waals surface area contributed by atoms with Crippen LogP contribution in [0.1, 0.15) is 43.1 Å². The van der Waals surface area contributed by atoms with E-state index in [2.05, 4.69) is 12.0 Å². The maximum absolute atomic E-state index is 12.6. The molecule has 0 saturated carbocycles. The second-order valence-electron chi connectivity index (χ2n) is 6.09. The largest absolute Gasteiger partial charge is 0.496 e. The van der Waals surface area contributed by atoms with Crippen molar-refractivity contribution in [1.29, 1.82) is 5.41 Å². The molecule has 0 unspecified atom stereocenters. The lowest BCUT2D eigenvalue weighted by Gasteiger charge is -2.08. The topological polar surface area (TPSA) is 103 Å². The predicted octanol–water partition coefficient (Wildman–Crippen LogP) is 3.33. The zero-order chi connectivity index (χ0) is 19.4. The fraction of sp³-hybridized carbons (Fsp3) is 0.421. The van der Waals surface area contributed by atoms with Gasteiger partial charge in [0.05, 0.1) is 19.1 Å². The smallest absolute Gasteiger partial charge is 0.312 e. The third-order valence-corrected chi connectivity index (χ3v) is 4.12. The first-order chi connectivity index (χ1) is 13.0. The molecule has 3 aromatic rings. The maximum Gasteiger partial charge on any atom is 0.312 e. The highest BCUT2D eigenvalue weighted by molar-refractivity contribution is 5.99. The number of nitrogens with one attached hydrogen (secondary N) is 1. The molecule has 1 aromatic carbocycles. The quantitative estimate of drug-likeness (QED) is 0.456. The van der Waals surface area contributed by atoms with Crippen molar-refractivity contribution < 1.29 is 23.1 Å². The molecule has 0 saturated heterocycles. The number of aryl methyl sites for hydroxylation is 1. The first kappa shape index (κ1) is 18.8. The van der Waals surface area contributed by atoms with E-state index in [1.807, 2.05) is 6.92 Å². The number of fused-ring (bicyclic) bond motifs is 1. The zero-order valence-electron chi connectivity index (χ0n) is 15.7. The highest BCUT2D eigenvalue weighted by Crippen LogP contribution is 2.34. The molecule has 0 atom stereocenters. The summed E-state index contributed by atoms with van der Waals surface area (Å²) in [6.45, 7) is 4.39. The first-order valence-corrected chi connectivity index (χ1v) is 8.94. The number of hydrogen-bond donors (Lipinski definition) is 1. The molecule has 0 spiro atoms. The number of rotatable bonds is 9. The molecule has 144 valence electrons. The number of methoxy groups -OCH3 is 1. The highest BCUT2D eigenvalue weighted by atomic mass is 16.5. The lowest BCUT2D eigenvalue weighted by atomic mass is 10.2. The third kappa shape index (κ3) is 4.05. The van der Waals surface area contributed by atoms with Gasteiger partial charge < -0.3 is 18.3 Å². The van der Waals surface area contributed by atoms with Gasteiger partial charge in [0.1, 0.15) is 23.6 Å². The number of Topliss-reactive ketones (excluding diaryl/α,β-unsaturated/α-hetero) is 1. The number of benzene rings is 1. The van der Waals surface area contributed by atoms with Gasteiger partial charge in [0.2, 0.25) is 11.7 Å². The normalized spacial score (nSPS) is 11.1. The third-order valence-electron chi connectivity index (χ3n) is 4.12. The number of unbranched alkanes of at least 4 members (excludes halogenated alkanes) is 1. The number of nitrogens with zero attached hydrogens (tertiary/aromatic N) is 2. The fourth-order valence-corrected chi connectivity index (χ4v) is 2.61. The van der Waals surface area contributed by atoms with Crippen LogP contribution in [0.15, 0.2) is 27.0 Å². The first-order valence-electron chi connectivity index (χ1n) is 8.94. The second-order valence-corrected chi connectivity index (χ2v) is 6.09. The van der Waals surface area contributed by atoms with E-state index in [0.717, 1.165) is 12.8 Å². The van der Waals surface area contributed by atoms with E-state index in [0.29, 0.717) is 41.4 Å². The minimum Gasteiger partial charge on any atom is -0.496 e. The zero-order valence-corrected chi connectivity index (χ0v) is 15.7. The highest BCUT2D eigenvalue weighted by Gasteiger charge is 2.18. The average Bonchev–Trinajstić information content (AvgIpc) is 3.25. The summed E-state index contributed by atoms with van der Waals surface area (Å²) in [6, 6.07) is 5.15. The van der Waals surface area contributed by atoms with Crippen molar-refractivity contribution in [2.75, 3.05) is 13.7 Å². The summed E-state index contributed by atoms with van der Waals surface area (Å²) in [5.41, 5.74) is 0.344. The number of carbonyl (C=O) groups is 1. The van der Waals surface area contributed by atoms with Crippen LogP contribution in [-0.2, 0) is 13.0 Å². The van der Waals surface area contributed by atoms with E-state index in [9.17, 15) is 4.79 Å². The van der Waals surface area contributed by atoms with Crippen molar-refractivity contribution in [3.8, 4) is 11.5 Å². The van der Waals surface area contributed by atoms with E-state index >= 15 is 0 Å². The standard InChI is InChI=1S/C19H23N3O5/c1-4-6-7-25-15-8-12(24-3)9-16-13(15)10-17(26-16)14(23)11-22-19(20)27-18(5-2)21-22/h8-10,20H,4-7,11H2,1-3H3. The summed E-state index contributed by atoms with van der Waals surface area (Å²) in [5.74, 6) is 1.48. The molecule has 0 aliphatic carbocycles. The van der Waals surface area contributed by atoms with Gasteiger partial charge in [0.15, 0.2) is 5.76 Å². The van der Waals surface area contributed by atoms with Crippen LogP contribution in [-0.4, -0.2) is 29.3 Å². The maximum atomic E-state index is 12.6. The Morgan fingerprint density at radius 2 is 2.07 bits per heavy atom. The Hall–Kier alpha value is -3.03. The molecular weight excluding hydrogens is 350 g/mol. The molecule has 3 rings (SSSR count). The number of aromatic nitrogens is 2. The Balaban J connectivity index is 1.90. The Morgan fingerprint density at radius 1 is 1.26 bits per heavy atom. The molecule has 2 heterocycles. The van der Waals surface area contributed by atoms with Crippen LogP contribution < -0.4 is 15.2 Å². The van der Waals surface area contributed by atoms with Crippen molar-refractivity contribution in [3.63, 3.8) is 0 Å². The van der Waals surface area contributed by atoms with Gasteiger partial charge in [0.25, 0.3) is 0 Å². The van der Waals surface area contributed by atoms with E-state index in [1.54, 1.807) is 25.3 Å². The Morgan fingerprint density at radius 3 is 2.74 bits per heavy atom. The number of ether oxygens (including phenoxy) is 2. The number of hydrogen-bond acceptors (Lipinski definition) is 7. The molecule has 0 amide bonds. The predicted molar refractivity (Wildman–Crippen MR) is 97.2 cm³/mol. The molecule has 2 aromatic heterocycles. The summed E-state index contributed by atoms with van der Waals surface area (Å²) in [6.07, 6.45) is 2.50. The molecular formula is C19H23N3O5. The Labute approximate surface area is 156 Å². The minimum atomic E-state index is -0.306. The van der Waals surface area contributed by atoms with Crippen molar-refractivity contribution in [1.82, 2.24) is 9.78 Å². The number of ketones is 1. The van der Waals surface area contributed by atoms with Gasteiger partial charge in [-0.1, -0.05) is 20.3 Å². The molecule has 8 nitrogen and oxygen atoms in total. The SMILES string of the molecule is CCCCOc1cc(OC)cc2oc(C(=O)Cn3nc(CC)oc3=N)cc12. The Bertz CT molecular complexity index is 999. The molecule has 27 heavy (non-hydrogen) atoms. The van der Waals surface area contributed by atoms with Gasteiger partial charge in [-0.15, -0.1) is 5.10 Å². The molecule has 8 heteroatoms. The van der Waals surface area contributed by atoms with Crippen LogP contribution in [0.25, 0.3) is 11.0 Å². The van der Waals surface area contributed by atoms with Crippen molar-refractivity contribution in [3.05, 3.63) is 35.5 Å². The van der Waals surface area contributed by atoms with Crippen LogP contribution in [0.3, 0.4) is 0 Å². The van der Waals surface area contributed by atoms with Crippen molar-refractivity contribution in [2.45, 2.75) is 39.7 Å². The van der Waals surface area contributed by atoms with Gasteiger partial charge >= 0.3 is 5.68 Å². The van der Waals surface area contributed by atoms with Gasteiger partial charge in [-0.3, -0.25) is 4.79 Å². The summed E-state index contributed by atoms with van der Waals surface area (Å²) >= 11 is 0. The minimum absolute atomic E-state index is 0.134. The van der Waals surface area contributed by atoms with Crippen LogP contribution in [0.2, 0.25) is 0 Å². The summed E-state index contributed by atoms with van der Waals surface area (Å²) in [5, 5.41) is 12.6. The molecule has 0 bridgehead atoms. The fourth-order valence-electron chi connectivity index (χ4n) is 2.61. The summed E-state index contributed by atoms with van der Waals surface area (Å²) < 4.78 is 23.2. The van der Waals surface area contributed by atoms with E-state index in [1.165, 1.54) is 4.68 Å². The molecule has 0 aliphatic rings. The molecule has 0 aliphatic heterocycles. The lowest BCUT2D eigenvalue weighted by Crippen LogP contribution is -2.21. The molecule has 1 N–H and O–H groups in total. The summed E-state index contributed by atoms with van der Waals surface area (Å²) in [4.78, 5) is 12.6. The summed E-state index contributed by atoms with van der Waals surface area (Å²) in [7, 11) is 1.56. The average molecular weight is 373 g/mol. The van der Waals surface area contributed by atoms with Gasteiger partial charge in [-0.2, -0.15) is 0 Å².